The quantitative estimate of drug-likeness (QED) is 0.651. The van der Waals surface area contributed by atoms with Gasteiger partial charge in [-0.1, -0.05) is 24.8 Å². The van der Waals surface area contributed by atoms with Crippen molar-refractivity contribution in [2.75, 3.05) is 32.6 Å². The van der Waals surface area contributed by atoms with Crippen LogP contribution >= 0.6 is 0 Å². The average Bonchev–Trinajstić information content (AvgIpc) is 2.67. The van der Waals surface area contributed by atoms with E-state index < -0.39 is 6.03 Å². The van der Waals surface area contributed by atoms with Gasteiger partial charge in [-0.2, -0.15) is 0 Å². The van der Waals surface area contributed by atoms with E-state index in [0.717, 1.165) is 11.3 Å². The molecule has 2 aromatic carbocycles. The van der Waals surface area contributed by atoms with Crippen LogP contribution in [0.4, 0.5) is 10.5 Å². The van der Waals surface area contributed by atoms with Crippen molar-refractivity contribution in [1.29, 1.82) is 0 Å². The topological polar surface area (TPSA) is 79.9 Å². The molecule has 0 aliphatic carbocycles. The van der Waals surface area contributed by atoms with Gasteiger partial charge >= 0.3 is 6.03 Å². The van der Waals surface area contributed by atoms with Crippen molar-refractivity contribution in [1.82, 2.24) is 10.2 Å². The third kappa shape index (κ3) is 7.13. The van der Waals surface area contributed by atoms with Gasteiger partial charge in [0.2, 0.25) is 5.91 Å². The van der Waals surface area contributed by atoms with E-state index in [9.17, 15) is 9.59 Å². The molecule has 3 amide bonds. The molecule has 7 heteroatoms. The fraction of sp³-hybridized carbons (Fsp3) is 0.238. The van der Waals surface area contributed by atoms with E-state index in [0.29, 0.717) is 24.6 Å². The van der Waals surface area contributed by atoms with Crippen LogP contribution in [0.2, 0.25) is 0 Å². The summed E-state index contributed by atoms with van der Waals surface area (Å²) in [6.45, 7) is 4.72. The number of likely N-dealkylation sites (N-methyl/N-ethyl adjacent to an activating group) is 1. The number of methoxy groups -OCH3 is 1. The standard InChI is InChI=1S/C21H25N3O4/c1-4-13-28-19-9-5-16(6-10-19)14-24(2)15-20(25)23-21(26)22-17-7-11-18(27-3)12-8-17/h4-12H,1,13-15H2,2-3H3,(H2,22,23,25,26). The van der Waals surface area contributed by atoms with Gasteiger partial charge in [-0.25, -0.2) is 4.79 Å². The number of rotatable bonds is 9. The third-order valence-electron chi connectivity index (χ3n) is 3.76. The Bertz CT molecular complexity index is 788. The lowest BCUT2D eigenvalue weighted by atomic mass is 10.2. The van der Waals surface area contributed by atoms with Gasteiger partial charge < -0.3 is 14.8 Å². The second kappa shape index (κ2) is 10.7. The zero-order valence-electron chi connectivity index (χ0n) is 16.1. The van der Waals surface area contributed by atoms with E-state index in [2.05, 4.69) is 17.2 Å². The minimum absolute atomic E-state index is 0.0880. The van der Waals surface area contributed by atoms with E-state index >= 15 is 0 Å². The summed E-state index contributed by atoms with van der Waals surface area (Å²) in [6, 6.07) is 13.9. The van der Waals surface area contributed by atoms with Gasteiger partial charge in [0.25, 0.3) is 0 Å². The Morgan fingerprint density at radius 2 is 1.71 bits per heavy atom. The monoisotopic (exact) mass is 383 g/mol. The lowest BCUT2D eigenvalue weighted by Gasteiger charge is -2.16. The molecule has 2 aromatic rings. The number of benzene rings is 2. The highest BCUT2D eigenvalue weighted by atomic mass is 16.5. The highest BCUT2D eigenvalue weighted by molar-refractivity contribution is 6.01. The Labute approximate surface area is 164 Å². The highest BCUT2D eigenvalue weighted by Crippen LogP contribution is 2.15. The molecule has 0 spiro atoms. The molecule has 0 aliphatic heterocycles. The summed E-state index contributed by atoms with van der Waals surface area (Å²) in [5.41, 5.74) is 1.60. The zero-order valence-corrected chi connectivity index (χ0v) is 16.1. The molecule has 7 nitrogen and oxygen atoms in total. The third-order valence-corrected chi connectivity index (χ3v) is 3.76. The number of nitrogens with one attached hydrogen (secondary N) is 2. The SMILES string of the molecule is C=CCOc1ccc(CN(C)CC(=O)NC(=O)Nc2ccc(OC)cc2)cc1. The molecule has 0 aromatic heterocycles. The Balaban J connectivity index is 1.76. The molecule has 0 atom stereocenters. The van der Waals surface area contributed by atoms with Crippen molar-refractivity contribution in [2.45, 2.75) is 6.54 Å². The molecule has 0 bridgehead atoms. The van der Waals surface area contributed by atoms with Crippen LogP contribution in [0.1, 0.15) is 5.56 Å². The van der Waals surface area contributed by atoms with E-state index in [1.54, 1.807) is 37.5 Å². The molecule has 0 fully saturated rings. The van der Waals surface area contributed by atoms with Crippen molar-refractivity contribution < 1.29 is 19.1 Å². The number of imide groups is 1. The first-order valence-electron chi connectivity index (χ1n) is 8.76. The lowest BCUT2D eigenvalue weighted by Crippen LogP contribution is -2.40. The Hall–Kier alpha value is -3.32. The first-order valence-corrected chi connectivity index (χ1v) is 8.76. The van der Waals surface area contributed by atoms with Crippen molar-refractivity contribution in [2.24, 2.45) is 0 Å². The molecule has 0 unspecified atom stereocenters. The fourth-order valence-electron chi connectivity index (χ4n) is 2.46. The van der Waals surface area contributed by atoms with Crippen LogP contribution in [0.5, 0.6) is 11.5 Å². The van der Waals surface area contributed by atoms with Gasteiger partial charge in [-0.05, 0) is 49.0 Å². The fourth-order valence-corrected chi connectivity index (χ4v) is 2.46. The van der Waals surface area contributed by atoms with Crippen LogP contribution in [0.3, 0.4) is 0 Å². The largest absolute Gasteiger partial charge is 0.497 e. The number of carbonyl (C=O) groups is 2. The second-order valence-electron chi connectivity index (χ2n) is 6.15. The van der Waals surface area contributed by atoms with Crippen molar-refractivity contribution in [3.8, 4) is 11.5 Å². The van der Waals surface area contributed by atoms with Crippen LogP contribution in [-0.4, -0.2) is 44.1 Å². The first kappa shape index (κ1) is 21.0. The summed E-state index contributed by atoms with van der Waals surface area (Å²) in [4.78, 5) is 25.8. The smallest absolute Gasteiger partial charge is 0.325 e. The number of hydrogen-bond acceptors (Lipinski definition) is 5. The average molecular weight is 383 g/mol. The summed E-state index contributed by atoms with van der Waals surface area (Å²) < 4.78 is 10.5. The second-order valence-corrected chi connectivity index (χ2v) is 6.15. The number of ether oxygens (including phenoxy) is 2. The van der Waals surface area contributed by atoms with Crippen LogP contribution in [0.25, 0.3) is 0 Å². The minimum Gasteiger partial charge on any atom is -0.497 e. The normalized spacial score (nSPS) is 10.2. The minimum atomic E-state index is -0.577. The summed E-state index contributed by atoms with van der Waals surface area (Å²) in [5, 5.41) is 4.92. The number of amides is 3. The Kier molecular flexibility index (Phi) is 8.05. The zero-order chi connectivity index (χ0) is 20.4. The van der Waals surface area contributed by atoms with Crippen molar-refractivity contribution >= 4 is 17.6 Å². The van der Waals surface area contributed by atoms with Crippen LogP contribution < -0.4 is 20.1 Å². The molecule has 0 radical (unpaired) electrons. The number of nitrogens with zero attached hydrogens (tertiary/aromatic N) is 1. The maximum atomic E-state index is 12.1. The molecule has 148 valence electrons. The van der Waals surface area contributed by atoms with E-state index in [-0.39, 0.29) is 12.5 Å². The predicted molar refractivity (Wildman–Crippen MR) is 109 cm³/mol. The van der Waals surface area contributed by atoms with E-state index in [4.69, 9.17) is 9.47 Å². The molecule has 0 saturated carbocycles. The lowest BCUT2D eigenvalue weighted by molar-refractivity contribution is -0.120. The van der Waals surface area contributed by atoms with Gasteiger partial charge in [-0.15, -0.1) is 0 Å². The Morgan fingerprint density at radius 3 is 2.32 bits per heavy atom. The summed E-state index contributed by atoms with van der Waals surface area (Å²) >= 11 is 0. The number of hydrogen-bond donors (Lipinski definition) is 2. The van der Waals surface area contributed by atoms with Gasteiger partial charge in [0, 0.05) is 12.2 Å². The molecule has 2 N–H and O–H groups in total. The summed E-state index contributed by atoms with van der Waals surface area (Å²) in [5.74, 6) is 1.06. The first-order chi connectivity index (χ1) is 13.5. The van der Waals surface area contributed by atoms with E-state index in [1.807, 2.05) is 36.2 Å². The Morgan fingerprint density at radius 1 is 1.07 bits per heavy atom. The predicted octanol–water partition coefficient (Wildman–Crippen LogP) is 3.04. The number of anilines is 1. The van der Waals surface area contributed by atoms with Gasteiger partial charge in [0.1, 0.15) is 18.1 Å². The van der Waals surface area contributed by atoms with E-state index in [1.165, 1.54) is 0 Å². The van der Waals surface area contributed by atoms with Gasteiger partial charge in [0.05, 0.1) is 13.7 Å². The maximum Gasteiger partial charge on any atom is 0.325 e. The van der Waals surface area contributed by atoms with Crippen LogP contribution in [0, 0.1) is 0 Å². The molecule has 2 rings (SSSR count). The highest BCUT2D eigenvalue weighted by Gasteiger charge is 2.11. The van der Waals surface area contributed by atoms with Crippen molar-refractivity contribution in [3.63, 3.8) is 0 Å². The number of urea groups is 1. The number of carbonyl (C=O) groups excluding carboxylic acids is 2. The molecular weight excluding hydrogens is 358 g/mol. The van der Waals surface area contributed by atoms with Crippen LogP contribution in [-0.2, 0) is 11.3 Å². The van der Waals surface area contributed by atoms with Gasteiger partial charge in [-0.3, -0.25) is 15.0 Å². The summed E-state index contributed by atoms with van der Waals surface area (Å²) in [6.07, 6.45) is 1.69. The molecule has 28 heavy (non-hydrogen) atoms. The molecular formula is C21H25N3O4. The molecule has 0 saturated heterocycles. The summed E-state index contributed by atoms with van der Waals surface area (Å²) in [7, 11) is 3.37. The van der Waals surface area contributed by atoms with Crippen LogP contribution in [0.15, 0.2) is 61.2 Å². The van der Waals surface area contributed by atoms with Crippen molar-refractivity contribution in [3.05, 3.63) is 66.7 Å². The van der Waals surface area contributed by atoms with Gasteiger partial charge in [0.15, 0.2) is 0 Å². The maximum absolute atomic E-state index is 12.1. The molecule has 0 aliphatic rings. The molecule has 0 heterocycles.